The highest BCUT2D eigenvalue weighted by molar-refractivity contribution is 6.14. The molecule has 10 rings (SSSR count). The number of para-hydroxylation sites is 1. The molecule has 2 unspecified atom stereocenters. The molecule has 7 aromatic carbocycles. The molecule has 0 saturated carbocycles. The number of benzene rings is 7. The number of allylic oxidation sites excluding steroid dienone is 1. The smallest absolute Gasteiger partial charge is 0.170 e. The van der Waals surface area contributed by atoms with Crippen LogP contribution >= 0.6 is 0 Å². The molecule has 0 amide bonds. The number of hydrogen-bond acceptors (Lipinski definition) is 4. The highest BCUT2D eigenvalue weighted by Crippen LogP contribution is 2.45. The molecule has 0 spiro atoms. The number of rotatable bonds is 5. The molecular weight excluding hydrogens is 623 g/mol. The molecule has 0 saturated heterocycles. The quantitative estimate of drug-likeness (QED) is 0.188. The van der Waals surface area contributed by atoms with Crippen molar-refractivity contribution in [1.29, 1.82) is 0 Å². The third-order valence-electron chi connectivity index (χ3n) is 10.3. The summed E-state index contributed by atoms with van der Waals surface area (Å²) in [5, 5.41) is 9.64. The van der Waals surface area contributed by atoms with E-state index in [1.807, 2.05) is 12.1 Å². The first-order valence-electron chi connectivity index (χ1n) is 17.5. The highest BCUT2D eigenvalue weighted by atomic mass is 16.3. The van der Waals surface area contributed by atoms with Crippen molar-refractivity contribution in [2.45, 2.75) is 18.5 Å². The fraction of sp³-hybridized carbons (Fsp3) is 0.0638. The maximum atomic E-state index is 6.74. The van der Waals surface area contributed by atoms with Crippen LogP contribution in [0.15, 0.2) is 184 Å². The number of hydrogen-bond donors (Lipinski definition) is 1. The molecule has 4 nitrogen and oxygen atoms in total. The Bertz CT molecular complexity index is 2690. The third-order valence-corrected chi connectivity index (χ3v) is 10.3. The summed E-state index contributed by atoms with van der Waals surface area (Å²) in [6.07, 6.45) is 2.67. The number of furan rings is 1. The van der Waals surface area contributed by atoms with Crippen LogP contribution in [0.2, 0.25) is 0 Å². The van der Waals surface area contributed by atoms with Gasteiger partial charge < -0.3 is 9.73 Å². The van der Waals surface area contributed by atoms with Gasteiger partial charge in [-0.05, 0) is 56.8 Å². The Morgan fingerprint density at radius 3 is 1.92 bits per heavy atom. The molecule has 2 atom stereocenters. The van der Waals surface area contributed by atoms with Crippen molar-refractivity contribution in [2.75, 3.05) is 0 Å². The van der Waals surface area contributed by atoms with Crippen LogP contribution in [0, 0.1) is 0 Å². The molecule has 2 aliphatic rings. The van der Waals surface area contributed by atoms with Gasteiger partial charge in [0.15, 0.2) is 6.17 Å². The number of fused-ring (bicyclic) bond motifs is 6. The second kappa shape index (κ2) is 12.1. The second-order valence-electron chi connectivity index (χ2n) is 13.3. The van der Waals surface area contributed by atoms with Gasteiger partial charge in [0.05, 0.1) is 0 Å². The van der Waals surface area contributed by atoms with E-state index in [1.165, 1.54) is 32.7 Å². The van der Waals surface area contributed by atoms with Crippen molar-refractivity contribution >= 4 is 49.8 Å². The molecule has 4 heteroatoms. The second-order valence-corrected chi connectivity index (χ2v) is 13.3. The lowest BCUT2D eigenvalue weighted by molar-refractivity contribution is 0.587. The van der Waals surface area contributed by atoms with Gasteiger partial charge in [-0.1, -0.05) is 158 Å². The molecule has 1 aliphatic carbocycles. The molecule has 2 heterocycles. The molecule has 51 heavy (non-hydrogen) atoms. The predicted molar refractivity (Wildman–Crippen MR) is 210 cm³/mol. The Balaban J connectivity index is 1.12. The lowest BCUT2D eigenvalue weighted by Gasteiger charge is -2.29. The van der Waals surface area contributed by atoms with Crippen molar-refractivity contribution < 1.29 is 4.42 Å². The van der Waals surface area contributed by atoms with Crippen LogP contribution < -0.4 is 5.32 Å². The van der Waals surface area contributed by atoms with Gasteiger partial charge in [-0.3, -0.25) is 0 Å². The van der Waals surface area contributed by atoms with E-state index in [4.69, 9.17) is 14.4 Å². The van der Waals surface area contributed by atoms with Gasteiger partial charge in [-0.2, -0.15) is 0 Å². The number of amidine groups is 2. The fourth-order valence-electron chi connectivity index (χ4n) is 7.85. The van der Waals surface area contributed by atoms with Gasteiger partial charge in [-0.25, -0.2) is 9.98 Å². The average Bonchev–Trinajstić information content (AvgIpc) is 3.61. The van der Waals surface area contributed by atoms with Crippen molar-refractivity contribution in [3.8, 4) is 11.1 Å². The van der Waals surface area contributed by atoms with E-state index in [1.54, 1.807) is 0 Å². The Morgan fingerprint density at radius 1 is 0.529 bits per heavy atom. The van der Waals surface area contributed by atoms with Gasteiger partial charge >= 0.3 is 0 Å². The minimum absolute atomic E-state index is 0.0561. The first-order chi connectivity index (χ1) is 25.3. The predicted octanol–water partition coefficient (Wildman–Crippen LogP) is 11.5. The van der Waals surface area contributed by atoms with E-state index in [9.17, 15) is 0 Å². The van der Waals surface area contributed by atoms with Crippen molar-refractivity contribution in [1.82, 2.24) is 5.32 Å². The van der Waals surface area contributed by atoms with Gasteiger partial charge in [0.2, 0.25) is 0 Å². The van der Waals surface area contributed by atoms with E-state index in [-0.39, 0.29) is 5.92 Å². The molecule has 0 bridgehead atoms. The number of nitrogens with zero attached hydrogens (tertiary/aromatic N) is 2. The molecular formula is C47H33N3O. The van der Waals surface area contributed by atoms with Gasteiger partial charge in [0.1, 0.15) is 23.0 Å². The van der Waals surface area contributed by atoms with Gasteiger partial charge in [0, 0.05) is 33.6 Å². The Labute approximate surface area is 296 Å². The summed E-state index contributed by atoms with van der Waals surface area (Å²) in [5.41, 5.74) is 8.82. The molecule has 1 aromatic heterocycles. The van der Waals surface area contributed by atoms with Gasteiger partial charge in [0.25, 0.3) is 0 Å². The largest absolute Gasteiger partial charge is 0.456 e. The number of nitrogens with one attached hydrogen (secondary N) is 1. The standard InChI is InChI=1S/C47H33N3O/c1-3-13-30(14-4-1)31-23-25-32(26-24-31)36-27-28-40(43-39-21-11-12-22-42(39)51-44(36)43)46-48-45(33-15-5-2-6-16-33)49-47(50-46)41-29-34-17-7-8-18-35(34)37-19-9-10-20-38(37)41/h1-27,29,40,47H,28H2,(H,48,49,50). The first-order valence-corrected chi connectivity index (χ1v) is 17.5. The van der Waals surface area contributed by atoms with Crippen LogP contribution in [0.25, 0.3) is 49.2 Å². The van der Waals surface area contributed by atoms with Crippen LogP contribution in [0.1, 0.15) is 46.5 Å². The maximum absolute atomic E-state index is 6.74. The van der Waals surface area contributed by atoms with Crippen molar-refractivity contribution in [3.63, 3.8) is 0 Å². The zero-order chi connectivity index (χ0) is 33.7. The summed E-state index contributed by atoms with van der Waals surface area (Å²) in [4.78, 5) is 10.8. The van der Waals surface area contributed by atoms with Crippen LogP contribution in [-0.4, -0.2) is 11.7 Å². The van der Waals surface area contributed by atoms with E-state index in [0.29, 0.717) is 0 Å². The summed E-state index contributed by atoms with van der Waals surface area (Å²) in [6, 6.07) is 57.6. The zero-order valence-electron chi connectivity index (χ0n) is 27.8. The molecule has 1 N–H and O–H groups in total. The molecule has 242 valence electrons. The molecule has 1 aliphatic heterocycles. The van der Waals surface area contributed by atoms with Crippen molar-refractivity contribution in [2.24, 2.45) is 9.98 Å². The Hall–Kier alpha value is -6.52. The maximum Gasteiger partial charge on any atom is 0.170 e. The fourth-order valence-corrected chi connectivity index (χ4v) is 7.85. The van der Waals surface area contributed by atoms with Crippen LogP contribution in [0.5, 0.6) is 0 Å². The lowest BCUT2D eigenvalue weighted by atomic mass is 9.82. The van der Waals surface area contributed by atoms with E-state index < -0.39 is 6.17 Å². The number of aliphatic imine (C=N–C) groups is 2. The normalized spacial score (nSPS) is 17.1. The Kier molecular flexibility index (Phi) is 6.98. The topological polar surface area (TPSA) is 49.9 Å². The molecule has 0 radical (unpaired) electrons. The monoisotopic (exact) mass is 655 g/mol. The minimum Gasteiger partial charge on any atom is -0.456 e. The van der Waals surface area contributed by atoms with E-state index in [0.717, 1.165) is 62.6 Å². The lowest BCUT2D eigenvalue weighted by Crippen LogP contribution is -2.39. The summed E-state index contributed by atoms with van der Waals surface area (Å²) < 4.78 is 6.74. The highest BCUT2D eigenvalue weighted by Gasteiger charge is 2.34. The van der Waals surface area contributed by atoms with E-state index in [2.05, 4.69) is 163 Å². The van der Waals surface area contributed by atoms with Crippen LogP contribution in [-0.2, 0) is 0 Å². The summed E-state index contributed by atoms with van der Waals surface area (Å²) >= 11 is 0. The zero-order valence-corrected chi connectivity index (χ0v) is 27.8. The summed E-state index contributed by atoms with van der Waals surface area (Å²) in [5.74, 6) is 2.57. The third kappa shape index (κ3) is 5.07. The summed E-state index contributed by atoms with van der Waals surface area (Å²) in [7, 11) is 0. The van der Waals surface area contributed by atoms with Crippen LogP contribution in [0.4, 0.5) is 0 Å². The minimum atomic E-state index is -0.427. The van der Waals surface area contributed by atoms with E-state index >= 15 is 0 Å². The SMILES string of the molecule is C1=C(c2ccc(-c3ccccc3)cc2)c2oc3ccccc3c2C(C2=NC(c3cc4ccccc4c4ccccc34)N=C(c3ccccc3)N2)C1. The molecule has 8 aromatic rings. The van der Waals surface area contributed by atoms with Gasteiger partial charge in [-0.15, -0.1) is 0 Å². The first kappa shape index (κ1) is 29.4. The van der Waals surface area contributed by atoms with Crippen LogP contribution in [0.3, 0.4) is 0 Å². The summed E-state index contributed by atoms with van der Waals surface area (Å²) in [6.45, 7) is 0. The van der Waals surface area contributed by atoms with Crippen molar-refractivity contribution in [3.05, 3.63) is 198 Å². The molecule has 0 fully saturated rings. The Morgan fingerprint density at radius 2 is 1.14 bits per heavy atom. The average molecular weight is 656 g/mol.